The monoisotopic (exact) mass is 659 g/mol. The molecule has 3 N–H and O–H groups in total. The fraction of sp³-hybridized carbons (Fsp3) is 0.333. The highest BCUT2D eigenvalue weighted by Gasteiger charge is 2.31. The van der Waals surface area contributed by atoms with E-state index in [1.807, 2.05) is 80.6 Å². The number of esters is 1. The first-order valence-electron chi connectivity index (χ1n) is 15.5. The Kier molecular flexibility index (Phi) is 12.9. The fourth-order valence-electron chi connectivity index (χ4n) is 5.30. The molecule has 0 radical (unpaired) electrons. The van der Waals surface area contributed by atoms with E-state index in [1.54, 1.807) is 12.3 Å². The molecule has 1 aliphatic carbocycles. The molecule has 1 aliphatic rings. The maximum atomic E-state index is 13.1. The van der Waals surface area contributed by atoms with Crippen LogP contribution in [0.3, 0.4) is 0 Å². The Morgan fingerprint density at radius 2 is 1.38 bits per heavy atom. The van der Waals surface area contributed by atoms with Gasteiger partial charge >= 0.3 is 18.2 Å². The molecule has 248 valence electrons. The van der Waals surface area contributed by atoms with E-state index in [4.69, 9.17) is 14.2 Å². The highest BCUT2D eigenvalue weighted by Crippen LogP contribution is 2.44. The van der Waals surface area contributed by atoms with Gasteiger partial charge in [0.05, 0.1) is 7.11 Å². The van der Waals surface area contributed by atoms with Gasteiger partial charge in [-0.3, -0.25) is 4.79 Å². The van der Waals surface area contributed by atoms with E-state index in [9.17, 15) is 19.2 Å². The van der Waals surface area contributed by atoms with Gasteiger partial charge in [-0.1, -0.05) is 106 Å². The molecule has 10 nitrogen and oxygen atoms in total. The molecule has 3 amide bonds. The van der Waals surface area contributed by atoms with Gasteiger partial charge in [0, 0.05) is 17.4 Å². The standard InChI is InChI=1S/C36H41N3O7S/c1-5-23(2)31(38-35(42)46-22-30-28-17-11-9-15-26(28)27-16-10-12-18-29(27)30)33(40)37-19-20-47-24(3)32(34(41)44-4)39-36(43)45-21-25-13-7-6-8-14-25/h6-20,23-24,30-32H,5,21-22H2,1-4H3,(H,37,40)(H,38,42)(H,39,43)/b20-19-/t23-,24-,31-,32-/m0/s1. The van der Waals surface area contributed by atoms with Crippen molar-refractivity contribution in [1.82, 2.24) is 16.0 Å². The van der Waals surface area contributed by atoms with Crippen molar-refractivity contribution in [3.05, 3.63) is 107 Å². The normalized spacial score (nSPS) is 14.6. The number of alkyl carbamates (subject to hydrolysis) is 2. The molecular formula is C36H41N3O7S. The van der Waals surface area contributed by atoms with Crippen LogP contribution in [-0.2, 0) is 30.4 Å². The van der Waals surface area contributed by atoms with Gasteiger partial charge in [-0.05, 0) is 39.1 Å². The van der Waals surface area contributed by atoms with Crippen LogP contribution in [0.25, 0.3) is 11.1 Å². The number of fused-ring (bicyclic) bond motifs is 3. The van der Waals surface area contributed by atoms with Crippen LogP contribution in [0.4, 0.5) is 9.59 Å². The van der Waals surface area contributed by atoms with Gasteiger partial charge in [0.25, 0.3) is 0 Å². The maximum Gasteiger partial charge on any atom is 0.408 e. The average Bonchev–Trinajstić information content (AvgIpc) is 3.42. The highest BCUT2D eigenvalue weighted by molar-refractivity contribution is 8.02. The second-order valence-electron chi connectivity index (χ2n) is 11.2. The molecule has 0 aliphatic heterocycles. The molecule has 11 heteroatoms. The van der Waals surface area contributed by atoms with Crippen LogP contribution in [0.15, 0.2) is 90.5 Å². The fourth-order valence-corrected chi connectivity index (χ4v) is 6.03. The van der Waals surface area contributed by atoms with Crippen LogP contribution < -0.4 is 16.0 Å². The molecule has 0 heterocycles. The predicted octanol–water partition coefficient (Wildman–Crippen LogP) is 6.12. The lowest BCUT2D eigenvalue weighted by Gasteiger charge is -2.23. The summed E-state index contributed by atoms with van der Waals surface area (Å²) < 4.78 is 15.8. The molecule has 0 saturated heterocycles. The Morgan fingerprint density at radius 1 is 0.809 bits per heavy atom. The van der Waals surface area contributed by atoms with E-state index in [1.165, 1.54) is 25.1 Å². The summed E-state index contributed by atoms with van der Waals surface area (Å²) >= 11 is 1.20. The maximum absolute atomic E-state index is 13.1. The second kappa shape index (κ2) is 17.2. The van der Waals surface area contributed by atoms with Crippen molar-refractivity contribution in [1.29, 1.82) is 0 Å². The molecule has 47 heavy (non-hydrogen) atoms. The summed E-state index contributed by atoms with van der Waals surface area (Å²) in [7, 11) is 1.23. The number of nitrogens with one attached hydrogen (secondary N) is 3. The summed E-state index contributed by atoms with van der Waals surface area (Å²) in [6.45, 7) is 5.73. The third-order valence-electron chi connectivity index (χ3n) is 8.11. The Labute approximate surface area is 279 Å². The summed E-state index contributed by atoms with van der Waals surface area (Å²) in [5.74, 6) is -1.32. The quantitative estimate of drug-likeness (QED) is 0.139. The first-order valence-corrected chi connectivity index (χ1v) is 16.4. The Balaban J connectivity index is 1.28. The van der Waals surface area contributed by atoms with Gasteiger partial charge in [0.15, 0.2) is 0 Å². The van der Waals surface area contributed by atoms with Crippen molar-refractivity contribution < 1.29 is 33.4 Å². The highest BCUT2D eigenvalue weighted by atomic mass is 32.2. The molecule has 0 spiro atoms. The van der Waals surface area contributed by atoms with Gasteiger partial charge in [-0.25, -0.2) is 14.4 Å². The summed E-state index contributed by atoms with van der Waals surface area (Å²) in [4.78, 5) is 50.9. The molecule has 0 unspecified atom stereocenters. The average molecular weight is 660 g/mol. The lowest BCUT2D eigenvalue weighted by atomic mass is 9.98. The Hall–Kier alpha value is -4.77. The van der Waals surface area contributed by atoms with Crippen LogP contribution >= 0.6 is 11.8 Å². The smallest absolute Gasteiger partial charge is 0.408 e. The number of carbonyl (C=O) groups is 4. The molecule has 3 aromatic carbocycles. The number of hydrogen-bond donors (Lipinski definition) is 3. The molecule has 4 rings (SSSR count). The molecular weight excluding hydrogens is 618 g/mol. The van der Waals surface area contributed by atoms with Crippen LogP contribution in [0, 0.1) is 5.92 Å². The van der Waals surface area contributed by atoms with Crippen molar-refractivity contribution in [2.24, 2.45) is 5.92 Å². The van der Waals surface area contributed by atoms with E-state index < -0.39 is 41.4 Å². The molecule has 0 bridgehead atoms. The Bertz CT molecular complexity index is 1520. The van der Waals surface area contributed by atoms with Crippen molar-refractivity contribution in [2.75, 3.05) is 13.7 Å². The summed E-state index contributed by atoms with van der Waals surface area (Å²) in [5, 5.41) is 9.12. The number of benzene rings is 3. The SMILES string of the molecule is CC[C@H](C)[C@H](NC(=O)OCC1c2ccccc2-c2ccccc21)C(=O)N/C=C\S[C@@H](C)[C@H](NC(=O)OCc1ccccc1)C(=O)OC. The second-order valence-corrected chi connectivity index (χ2v) is 12.5. The minimum absolute atomic E-state index is 0.0510. The lowest BCUT2D eigenvalue weighted by Crippen LogP contribution is -2.49. The van der Waals surface area contributed by atoms with E-state index >= 15 is 0 Å². The first-order chi connectivity index (χ1) is 22.7. The van der Waals surface area contributed by atoms with E-state index in [2.05, 4.69) is 28.1 Å². The molecule has 0 aromatic heterocycles. The van der Waals surface area contributed by atoms with Gasteiger partial charge in [-0.15, -0.1) is 11.8 Å². The van der Waals surface area contributed by atoms with Crippen LogP contribution in [0.5, 0.6) is 0 Å². The minimum Gasteiger partial charge on any atom is -0.467 e. The van der Waals surface area contributed by atoms with Gasteiger partial charge < -0.3 is 30.2 Å². The molecule has 3 aromatic rings. The van der Waals surface area contributed by atoms with Gasteiger partial charge in [0.1, 0.15) is 25.3 Å². The summed E-state index contributed by atoms with van der Waals surface area (Å²) in [6, 6.07) is 23.5. The largest absolute Gasteiger partial charge is 0.467 e. The van der Waals surface area contributed by atoms with Crippen LogP contribution in [0.1, 0.15) is 49.8 Å². The third-order valence-corrected chi connectivity index (χ3v) is 9.10. The van der Waals surface area contributed by atoms with Crippen LogP contribution in [-0.4, -0.2) is 55.1 Å². The van der Waals surface area contributed by atoms with E-state index in [0.29, 0.717) is 6.42 Å². The van der Waals surface area contributed by atoms with Crippen molar-refractivity contribution in [3.8, 4) is 11.1 Å². The summed E-state index contributed by atoms with van der Waals surface area (Å²) in [5.41, 5.74) is 5.27. The number of carbonyl (C=O) groups excluding carboxylic acids is 4. The minimum atomic E-state index is -1.00. The van der Waals surface area contributed by atoms with Crippen LogP contribution in [0.2, 0.25) is 0 Å². The topological polar surface area (TPSA) is 132 Å². The number of thioether (sulfide) groups is 1. The van der Waals surface area contributed by atoms with Crippen molar-refractivity contribution >= 4 is 35.8 Å². The molecule has 0 fully saturated rings. The number of hydrogen-bond acceptors (Lipinski definition) is 8. The zero-order chi connectivity index (χ0) is 33.8. The lowest BCUT2D eigenvalue weighted by molar-refractivity contribution is -0.142. The van der Waals surface area contributed by atoms with Gasteiger partial charge in [-0.2, -0.15) is 0 Å². The molecule has 4 atom stereocenters. The predicted molar refractivity (Wildman–Crippen MR) is 181 cm³/mol. The van der Waals surface area contributed by atoms with Crippen molar-refractivity contribution in [3.63, 3.8) is 0 Å². The summed E-state index contributed by atoms with van der Waals surface area (Å²) in [6.07, 6.45) is 0.639. The van der Waals surface area contributed by atoms with Gasteiger partial charge in [0.2, 0.25) is 5.91 Å². The third kappa shape index (κ3) is 9.38. The first kappa shape index (κ1) is 35.1. The zero-order valence-corrected chi connectivity index (χ0v) is 27.8. The Morgan fingerprint density at radius 3 is 2.00 bits per heavy atom. The van der Waals surface area contributed by atoms with Crippen molar-refractivity contribution in [2.45, 2.75) is 57.1 Å². The molecule has 0 saturated carbocycles. The van der Waals surface area contributed by atoms with E-state index in [-0.39, 0.29) is 25.0 Å². The number of ether oxygens (including phenoxy) is 3. The zero-order valence-electron chi connectivity index (χ0n) is 26.9. The number of rotatable bonds is 14. The van der Waals surface area contributed by atoms with E-state index in [0.717, 1.165) is 27.8 Å². The number of methoxy groups -OCH3 is 1. The number of amides is 3.